The lowest BCUT2D eigenvalue weighted by atomic mass is 9.76. The normalized spacial score (nSPS) is 29.1. The zero-order valence-electron chi connectivity index (χ0n) is 12.4. The zero-order chi connectivity index (χ0) is 15.0. The molecule has 0 bridgehead atoms. The van der Waals surface area contributed by atoms with Crippen molar-refractivity contribution in [3.8, 4) is 0 Å². The summed E-state index contributed by atoms with van der Waals surface area (Å²) < 4.78 is 13.3. The number of amides is 1. The molecule has 21 heavy (non-hydrogen) atoms. The Balaban J connectivity index is 1.79. The monoisotopic (exact) mass is 291 g/mol. The van der Waals surface area contributed by atoms with Gasteiger partial charge in [0.05, 0.1) is 6.10 Å². The lowest BCUT2D eigenvalue weighted by molar-refractivity contribution is -0.00536. The van der Waals surface area contributed by atoms with Crippen molar-refractivity contribution < 1.29 is 14.3 Å². The lowest BCUT2D eigenvalue weighted by Gasteiger charge is -2.42. The number of likely N-dealkylation sites (tertiary alicyclic amines) is 1. The second kappa shape index (κ2) is 5.41. The van der Waals surface area contributed by atoms with E-state index in [9.17, 15) is 14.3 Å². The van der Waals surface area contributed by atoms with E-state index in [4.69, 9.17) is 0 Å². The van der Waals surface area contributed by atoms with Crippen molar-refractivity contribution in [2.75, 3.05) is 13.1 Å². The third-order valence-electron chi connectivity index (χ3n) is 5.16. The van der Waals surface area contributed by atoms with Gasteiger partial charge in [-0.05, 0) is 56.4 Å². The van der Waals surface area contributed by atoms with Crippen molar-refractivity contribution in [3.05, 3.63) is 35.1 Å². The van der Waals surface area contributed by atoms with Crippen molar-refractivity contribution in [1.82, 2.24) is 4.90 Å². The average Bonchev–Trinajstić information content (AvgIpc) is 2.82. The van der Waals surface area contributed by atoms with E-state index >= 15 is 0 Å². The van der Waals surface area contributed by atoms with Crippen LogP contribution in [-0.2, 0) is 0 Å². The van der Waals surface area contributed by atoms with Crippen LogP contribution in [0.1, 0.15) is 48.0 Å². The third kappa shape index (κ3) is 2.57. The van der Waals surface area contributed by atoms with E-state index in [0.29, 0.717) is 17.7 Å². The van der Waals surface area contributed by atoms with Gasteiger partial charge >= 0.3 is 0 Å². The van der Waals surface area contributed by atoms with E-state index in [-0.39, 0.29) is 23.2 Å². The van der Waals surface area contributed by atoms with Gasteiger partial charge in [-0.25, -0.2) is 4.39 Å². The molecule has 1 N–H and O–H groups in total. The van der Waals surface area contributed by atoms with Gasteiger partial charge in [0, 0.05) is 24.1 Å². The van der Waals surface area contributed by atoms with Crippen LogP contribution in [0.15, 0.2) is 18.2 Å². The van der Waals surface area contributed by atoms with Crippen LogP contribution in [-0.4, -0.2) is 35.1 Å². The standard InChI is InChI=1S/C17H22FNO2/c1-12-10-13(5-6-14(12)18)16(21)19-9-3-8-17(11-19)7-2-4-15(17)20/h5-6,10,15,20H,2-4,7-9,11H2,1H3/t15-,17+/m1/s1. The number of nitrogens with zero attached hydrogens (tertiary/aromatic N) is 1. The Morgan fingerprint density at radius 2 is 2.14 bits per heavy atom. The number of hydrogen-bond acceptors (Lipinski definition) is 2. The van der Waals surface area contributed by atoms with Crippen LogP contribution >= 0.6 is 0 Å². The molecular weight excluding hydrogens is 269 g/mol. The highest BCUT2D eigenvalue weighted by molar-refractivity contribution is 5.94. The molecule has 1 heterocycles. The lowest BCUT2D eigenvalue weighted by Crippen LogP contribution is -2.49. The van der Waals surface area contributed by atoms with Crippen LogP contribution in [0.3, 0.4) is 0 Å². The third-order valence-corrected chi connectivity index (χ3v) is 5.16. The van der Waals surface area contributed by atoms with Crippen LogP contribution in [0.25, 0.3) is 0 Å². The highest BCUT2D eigenvalue weighted by Gasteiger charge is 2.45. The summed E-state index contributed by atoms with van der Waals surface area (Å²) in [5.74, 6) is -0.329. The maximum Gasteiger partial charge on any atom is 0.253 e. The van der Waals surface area contributed by atoms with E-state index in [1.807, 2.05) is 4.90 Å². The number of aliphatic hydroxyl groups is 1. The molecule has 2 atom stereocenters. The highest BCUT2D eigenvalue weighted by Crippen LogP contribution is 2.45. The van der Waals surface area contributed by atoms with E-state index in [2.05, 4.69) is 0 Å². The predicted octanol–water partition coefficient (Wildman–Crippen LogP) is 2.90. The number of carbonyl (C=O) groups excluding carboxylic acids is 1. The average molecular weight is 291 g/mol. The summed E-state index contributed by atoms with van der Waals surface area (Å²) >= 11 is 0. The number of halogens is 1. The van der Waals surface area contributed by atoms with Gasteiger partial charge in [-0.1, -0.05) is 6.42 Å². The molecular formula is C17H22FNO2. The van der Waals surface area contributed by atoms with Gasteiger partial charge in [-0.3, -0.25) is 4.79 Å². The van der Waals surface area contributed by atoms with Gasteiger partial charge in [-0.2, -0.15) is 0 Å². The van der Waals surface area contributed by atoms with Crippen molar-refractivity contribution in [1.29, 1.82) is 0 Å². The maximum atomic E-state index is 13.3. The smallest absolute Gasteiger partial charge is 0.253 e. The molecule has 2 aliphatic rings. The molecule has 3 rings (SSSR count). The number of aryl methyl sites for hydroxylation is 1. The van der Waals surface area contributed by atoms with Crippen LogP contribution in [0.4, 0.5) is 4.39 Å². The van der Waals surface area contributed by atoms with E-state index in [1.165, 1.54) is 6.07 Å². The second-order valence-electron chi connectivity index (χ2n) is 6.56. The summed E-state index contributed by atoms with van der Waals surface area (Å²) in [5.41, 5.74) is 0.926. The summed E-state index contributed by atoms with van der Waals surface area (Å²) in [6.45, 7) is 3.03. The molecule has 1 aliphatic heterocycles. The Morgan fingerprint density at radius 1 is 1.38 bits per heavy atom. The number of hydrogen-bond donors (Lipinski definition) is 1. The fourth-order valence-electron chi connectivity index (χ4n) is 3.89. The minimum absolute atomic E-state index is 0.0451. The zero-order valence-corrected chi connectivity index (χ0v) is 12.4. The molecule has 1 amide bonds. The van der Waals surface area contributed by atoms with Crippen molar-refractivity contribution in [3.63, 3.8) is 0 Å². The Bertz CT molecular complexity index is 560. The van der Waals surface area contributed by atoms with Gasteiger partial charge < -0.3 is 10.0 Å². The molecule has 0 unspecified atom stereocenters. The first-order valence-corrected chi connectivity index (χ1v) is 7.75. The van der Waals surface area contributed by atoms with Gasteiger partial charge in [0.25, 0.3) is 5.91 Å². The van der Waals surface area contributed by atoms with Crippen molar-refractivity contribution in [2.45, 2.75) is 45.1 Å². The number of piperidine rings is 1. The molecule has 0 aromatic heterocycles. The summed E-state index contributed by atoms with van der Waals surface area (Å²) in [6.07, 6.45) is 4.53. The first kappa shape index (κ1) is 14.5. The fraction of sp³-hybridized carbons (Fsp3) is 0.588. The molecule has 1 spiro atoms. The number of carbonyl (C=O) groups is 1. The van der Waals surface area contributed by atoms with Crippen molar-refractivity contribution in [2.24, 2.45) is 5.41 Å². The van der Waals surface area contributed by atoms with Crippen molar-refractivity contribution >= 4 is 5.91 Å². The van der Waals surface area contributed by atoms with E-state index in [1.54, 1.807) is 19.1 Å². The number of rotatable bonds is 1. The van der Waals surface area contributed by atoms with Gasteiger partial charge in [0.2, 0.25) is 0 Å². The molecule has 1 saturated carbocycles. The summed E-state index contributed by atoms with van der Waals surface area (Å²) in [6, 6.07) is 4.52. The molecule has 2 fully saturated rings. The van der Waals surface area contributed by atoms with Gasteiger partial charge in [0.15, 0.2) is 0 Å². The largest absolute Gasteiger partial charge is 0.392 e. The minimum Gasteiger partial charge on any atom is -0.392 e. The first-order chi connectivity index (χ1) is 10.0. The molecule has 1 saturated heterocycles. The van der Waals surface area contributed by atoms with E-state index < -0.39 is 0 Å². The Hall–Kier alpha value is -1.42. The SMILES string of the molecule is Cc1cc(C(=O)N2CCC[C@@]3(CCC[C@H]3O)C2)ccc1F. The van der Waals surface area contributed by atoms with Gasteiger partial charge in [-0.15, -0.1) is 0 Å². The molecule has 4 heteroatoms. The quantitative estimate of drug-likeness (QED) is 0.864. The number of benzene rings is 1. The molecule has 1 aromatic rings. The van der Waals surface area contributed by atoms with Crippen LogP contribution in [0.5, 0.6) is 0 Å². The summed E-state index contributed by atoms with van der Waals surface area (Å²) in [4.78, 5) is 14.5. The molecule has 1 aliphatic carbocycles. The Kier molecular flexibility index (Phi) is 3.74. The Morgan fingerprint density at radius 3 is 2.81 bits per heavy atom. The first-order valence-electron chi connectivity index (χ1n) is 7.75. The van der Waals surface area contributed by atoms with Crippen LogP contribution in [0, 0.1) is 18.2 Å². The van der Waals surface area contributed by atoms with Crippen LogP contribution in [0.2, 0.25) is 0 Å². The Labute approximate surface area is 124 Å². The summed E-state index contributed by atoms with van der Waals surface area (Å²) in [7, 11) is 0. The van der Waals surface area contributed by atoms with Crippen LogP contribution < -0.4 is 0 Å². The molecule has 114 valence electrons. The second-order valence-corrected chi connectivity index (χ2v) is 6.56. The fourth-order valence-corrected chi connectivity index (χ4v) is 3.89. The summed E-state index contributed by atoms with van der Waals surface area (Å²) in [5, 5.41) is 10.3. The highest BCUT2D eigenvalue weighted by atomic mass is 19.1. The molecule has 1 aromatic carbocycles. The molecule has 0 radical (unpaired) electrons. The topological polar surface area (TPSA) is 40.5 Å². The molecule has 3 nitrogen and oxygen atoms in total. The predicted molar refractivity (Wildman–Crippen MR) is 78.6 cm³/mol. The minimum atomic E-state index is -0.289. The number of aliphatic hydroxyl groups excluding tert-OH is 1. The maximum absolute atomic E-state index is 13.3. The van der Waals surface area contributed by atoms with Gasteiger partial charge in [0.1, 0.15) is 5.82 Å². The van der Waals surface area contributed by atoms with E-state index in [0.717, 1.165) is 38.6 Å².